The Morgan fingerprint density at radius 3 is 2.53 bits per heavy atom. The number of rotatable bonds is 6. The zero-order chi connectivity index (χ0) is 14.4. The fraction of sp³-hybridized carbons (Fsp3) is 0.500. The van der Waals surface area contributed by atoms with Gasteiger partial charge in [0.1, 0.15) is 11.5 Å². The molecule has 5 nitrogen and oxygen atoms in total. The Morgan fingerprint density at radius 2 is 2.00 bits per heavy atom. The van der Waals surface area contributed by atoms with Crippen LogP contribution >= 0.6 is 0 Å². The van der Waals surface area contributed by atoms with Crippen molar-refractivity contribution in [3.05, 3.63) is 18.2 Å². The van der Waals surface area contributed by atoms with Gasteiger partial charge in [-0.2, -0.15) is 0 Å². The molecule has 19 heavy (non-hydrogen) atoms. The van der Waals surface area contributed by atoms with Crippen LogP contribution in [-0.4, -0.2) is 26.2 Å². The van der Waals surface area contributed by atoms with Crippen LogP contribution in [0.25, 0.3) is 0 Å². The van der Waals surface area contributed by atoms with Crippen molar-refractivity contribution in [1.29, 1.82) is 0 Å². The molecule has 0 saturated heterocycles. The molecule has 0 spiro atoms. The Bertz CT molecular complexity index is 433. The van der Waals surface area contributed by atoms with E-state index < -0.39 is 6.04 Å². The molecule has 0 aliphatic carbocycles. The van der Waals surface area contributed by atoms with Crippen LogP contribution in [-0.2, 0) is 4.79 Å². The molecule has 5 heteroatoms. The lowest BCUT2D eigenvalue weighted by atomic mass is 10.0. The van der Waals surface area contributed by atoms with E-state index in [1.165, 1.54) is 0 Å². The van der Waals surface area contributed by atoms with Crippen molar-refractivity contribution in [2.75, 3.05) is 19.5 Å². The molecule has 1 amide bonds. The fourth-order valence-electron chi connectivity index (χ4n) is 1.74. The van der Waals surface area contributed by atoms with Gasteiger partial charge in [-0.3, -0.25) is 4.79 Å². The van der Waals surface area contributed by atoms with E-state index in [1.807, 2.05) is 13.8 Å². The highest BCUT2D eigenvalue weighted by Crippen LogP contribution is 2.29. The zero-order valence-corrected chi connectivity index (χ0v) is 11.9. The highest BCUT2D eigenvalue weighted by atomic mass is 16.5. The predicted octanol–water partition coefficient (Wildman–Crippen LogP) is 2.02. The molecule has 0 radical (unpaired) electrons. The zero-order valence-electron chi connectivity index (χ0n) is 11.9. The molecule has 3 N–H and O–H groups in total. The number of benzene rings is 1. The first-order valence-corrected chi connectivity index (χ1v) is 6.26. The third-order valence-corrected chi connectivity index (χ3v) is 2.73. The third kappa shape index (κ3) is 4.44. The topological polar surface area (TPSA) is 73.6 Å². The number of ether oxygens (including phenoxy) is 2. The Kier molecular flexibility index (Phi) is 5.63. The van der Waals surface area contributed by atoms with E-state index in [9.17, 15) is 4.79 Å². The molecule has 0 aliphatic heterocycles. The summed E-state index contributed by atoms with van der Waals surface area (Å²) >= 11 is 0. The summed E-state index contributed by atoms with van der Waals surface area (Å²) in [6, 6.07) is 4.68. The van der Waals surface area contributed by atoms with Crippen LogP contribution in [0.1, 0.15) is 20.3 Å². The van der Waals surface area contributed by atoms with Gasteiger partial charge in [-0.15, -0.1) is 0 Å². The van der Waals surface area contributed by atoms with Crippen molar-refractivity contribution in [1.82, 2.24) is 0 Å². The minimum absolute atomic E-state index is 0.211. The smallest absolute Gasteiger partial charge is 0.241 e. The van der Waals surface area contributed by atoms with Crippen LogP contribution < -0.4 is 20.5 Å². The third-order valence-electron chi connectivity index (χ3n) is 2.73. The average Bonchev–Trinajstić information content (AvgIpc) is 2.38. The van der Waals surface area contributed by atoms with Crippen molar-refractivity contribution in [3.63, 3.8) is 0 Å². The Morgan fingerprint density at radius 1 is 1.32 bits per heavy atom. The maximum Gasteiger partial charge on any atom is 0.241 e. The van der Waals surface area contributed by atoms with Crippen molar-refractivity contribution in [2.24, 2.45) is 11.7 Å². The lowest BCUT2D eigenvalue weighted by Gasteiger charge is -2.16. The van der Waals surface area contributed by atoms with E-state index in [0.29, 0.717) is 29.5 Å². The monoisotopic (exact) mass is 266 g/mol. The standard InChI is InChI=1S/C14H22N2O3/c1-9(2)7-11(15)14(17)16-12-6-5-10(18-3)8-13(12)19-4/h5-6,8-9,11H,7,15H2,1-4H3,(H,16,17)/t11-/m1/s1. The van der Waals surface area contributed by atoms with Crippen LogP contribution in [0.2, 0.25) is 0 Å². The molecular weight excluding hydrogens is 244 g/mol. The Labute approximate surface area is 114 Å². The highest BCUT2D eigenvalue weighted by molar-refractivity contribution is 5.96. The maximum atomic E-state index is 11.9. The van der Waals surface area contributed by atoms with E-state index in [1.54, 1.807) is 32.4 Å². The molecule has 0 aromatic heterocycles. The molecule has 0 heterocycles. The second kappa shape index (κ2) is 6.99. The Hall–Kier alpha value is -1.75. The van der Waals surface area contributed by atoms with Crippen LogP contribution in [0.5, 0.6) is 11.5 Å². The van der Waals surface area contributed by atoms with E-state index in [-0.39, 0.29) is 5.91 Å². The van der Waals surface area contributed by atoms with E-state index >= 15 is 0 Å². The first-order chi connectivity index (χ1) is 8.97. The quantitative estimate of drug-likeness (QED) is 0.826. The van der Waals surface area contributed by atoms with Crippen LogP contribution in [0.15, 0.2) is 18.2 Å². The molecule has 0 aliphatic rings. The molecule has 106 valence electrons. The van der Waals surface area contributed by atoms with Gasteiger partial charge in [-0.1, -0.05) is 13.8 Å². The van der Waals surface area contributed by atoms with Gasteiger partial charge in [0.25, 0.3) is 0 Å². The molecule has 0 saturated carbocycles. The van der Waals surface area contributed by atoms with Crippen molar-refractivity contribution in [2.45, 2.75) is 26.3 Å². The molecule has 1 atom stereocenters. The predicted molar refractivity (Wildman–Crippen MR) is 75.6 cm³/mol. The van der Waals surface area contributed by atoms with Gasteiger partial charge in [0.2, 0.25) is 5.91 Å². The van der Waals surface area contributed by atoms with Gasteiger partial charge in [-0.25, -0.2) is 0 Å². The van der Waals surface area contributed by atoms with Crippen LogP contribution in [0.4, 0.5) is 5.69 Å². The second-order valence-corrected chi connectivity index (χ2v) is 4.79. The minimum Gasteiger partial charge on any atom is -0.497 e. The summed E-state index contributed by atoms with van der Waals surface area (Å²) in [5.74, 6) is 1.38. The highest BCUT2D eigenvalue weighted by Gasteiger charge is 2.16. The van der Waals surface area contributed by atoms with Gasteiger partial charge in [-0.05, 0) is 24.5 Å². The van der Waals surface area contributed by atoms with Crippen molar-refractivity contribution < 1.29 is 14.3 Å². The second-order valence-electron chi connectivity index (χ2n) is 4.79. The van der Waals surface area contributed by atoms with E-state index in [4.69, 9.17) is 15.2 Å². The number of anilines is 1. The molecule has 1 aromatic carbocycles. The minimum atomic E-state index is -0.521. The fourth-order valence-corrected chi connectivity index (χ4v) is 1.74. The molecule has 0 fully saturated rings. The summed E-state index contributed by atoms with van der Waals surface area (Å²) in [6.07, 6.45) is 0.643. The van der Waals surface area contributed by atoms with Crippen molar-refractivity contribution in [3.8, 4) is 11.5 Å². The number of nitrogens with one attached hydrogen (secondary N) is 1. The normalized spacial score (nSPS) is 12.1. The summed E-state index contributed by atoms with van der Waals surface area (Å²) in [5, 5.41) is 2.77. The van der Waals surface area contributed by atoms with E-state index in [0.717, 1.165) is 0 Å². The Balaban J connectivity index is 2.78. The van der Waals surface area contributed by atoms with Crippen molar-refractivity contribution >= 4 is 11.6 Å². The molecule has 1 rings (SSSR count). The number of carbonyl (C=O) groups excluding carboxylic acids is 1. The van der Waals surface area contributed by atoms with E-state index in [2.05, 4.69) is 5.32 Å². The van der Waals surface area contributed by atoms with Crippen LogP contribution in [0.3, 0.4) is 0 Å². The first-order valence-electron chi connectivity index (χ1n) is 6.26. The SMILES string of the molecule is COc1ccc(NC(=O)[C@H](N)CC(C)C)c(OC)c1. The van der Waals surface area contributed by atoms with Gasteiger partial charge in [0, 0.05) is 6.07 Å². The summed E-state index contributed by atoms with van der Waals surface area (Å²) in [6.45, 7) is 4.06. The number of hydrogen-bond acceptors (Lipinski definition) is 4. The van der Waals surface area contributed by atoms with Gasteiger partial charge in [0.15, 0.2) is 0 Å². The van der Waals surface area contributed by atoms with Gasteiger partial charge >= 0.3 is 0 Å². The summed E-state index contributed by atoms with van der Waals surface area (Å²) in [7, 11) is 3.12. The number of amides is 1. The maximum absolute atomic E-state index is 11.9. The molecular formula is C14H22N2O3. The van der Waals surface area contributed by atoms with Crippen LogP contribution in [0, 0.1) is 5.92 Å². The number of nitrogens with two attached hydrogens (primary N) is 1. The molecule has 0 bridgehead atoms. The largest absolute Gasteiger partial charge is 0.497 e. The molecule has 1 aromatic rings. The number of carbonyl (C=O) groups is 1. The summed E-state index contributed by atoms with van der Waals surface area (Å²) in [4.78, 5) is 11.9. The summed E-state index contributed by atoms with van der Waals surface area (Å²) < 4.78 is 10.3. The van der Waals surface area contributed by atoms with Gasteiger partial charge in [0.05, 0.1) is 25.9 Å². The first kappa shape index (κ1) is 15.3. The van der Waals surface area contributed by atoms with Gasteiger partial charge < -0.3 is 20.5 Å². The average molecular weight is 266 g/mol. The lowest BCUT2D eigenvalue weighted by molar-refractivity contribution is -0.117. The summed E-state index contributed by atoms with van der Waals surface area (Å²) in [5.41, 5.74) is 6.43. The molecule has 0 unspecified atom stereocenters. The number of methoxy groups -OCH3 is 2. The number of hydrogen-bond donors (Lipinski definition) is 2. The lowest BCUT2D eigenvalue weighted by Crippen LogP contribution is -2.36.